The molecule has 6 heteroatoms. The van der Waals surface area contributed by atoms with Gasteiger partial charge in [-0.3, -0.25) is 9.59 Å². The van der Waals surface area contributed by atoms with Crippen LogP contribution in [0.1, 0.15) is 33.1 Å². The largest absolute Gasteiger partial charge is 0.493 e. The maximum absolute atomic E-state index is 13.2. The summed E-state index contributed by atoms with van der Waals surface area (Å²) in [5.74, 6) is 1.06. The van der Waals surface area contributed by atoms with Crippen molar-refractivity contribution in [3.05, 3.63) is 95.1 Å². The van der Waals surface area contributed by atoms with Gasteiger partial charge in [-0.15, -0.1) is 0 Å². The lowest BCUT2D eigenvalue weighted by Crippen LogP contribution is -2.40. The van der Waals surface area contributed by atoms with E-state index in [2.05, 4.69) is 5.32 Å². The van der Waals surface area contributed by atoms with E-state index in [0.29, 0.717) is 43.0 Å². The molecule has 0 radical (unpaired) electrons. The molecule has 0 spiro atoms. The van der Waals surface area contributed by atoms with Crippen LogP contribution in [0.3, 0.4) is 0 Å². The molecule has 6 nitrogen and oxygen atoms in total. The predicted octanol–water partition coefficient (Wildman–Crippen LogP) is 3.80. The van der Waals surface area contributed by atoms with Crippen LogP contribution in [0.5, 0.6) is 11.5 Å². The summed E-state index contributed by atoms with van der Waals surface area (Å²) in [5, 5.41) is 3.02. The Morgan fingerprint density at radius 2 is 1.61 bits per heavy atom. The van der Waals surface area contributed by atoms with Gasteiger partial charge in [0.2, 0.25) is 5.91 Å². The van der Waals surface area contributed by atoms with E-state index in [9.17, 15) is 9.59 Å². The first-order chi connectivity index (χ1) is 16.1. The number of ether oxygens (including phenoxy) is 2. The van der Waals surface area contributed by atoms with Gasteiger partial charge in [-0.2, -0.15) is 0 Å². The Hall–Kier alpha value is -3.80. The number of methoxy groups -OCH3 is 2. The maximum Gasteiger partial charge on any atom is 0.255 e. The third-order valence-corrected chi connectivity index (χ3v) is 5.95. The Kier molecular flexibility index (Phi) is 6.93. The van der Waals surface area contributed by atoms with Crippen molar-refractivity contribution >= 4 is 11.8 Å². The highest BCUT2D eigenvalue weighted by atomic mass is 16.5. The number of amides is 2. The molecule has 0 fully saturated rings. The van der Waals surface area contributed by atoms with Gasteiger partial charge in [-0.1, -0.05) is 54.6 Å². The average Bonchev–Trinajstić information content (AvgIpc) is 3.14. The van der Waals surface area contributed by atoms with Gasteiger partial charge in [0.1, 0.15) is 6.04 Å². The summed E-state index contributed by atoms with van der Waals surface area (Å²) in [6.45, 7) is 0.930. The fraction of sp³-hybridized carbons (Fsp3) is 0.259. The predicted molar refractivity (Wildman–Crippen MR) is 127 cm³/mol. The van der Waals surface area contributed by atoms with E-state index in [4.69, 9.17) is 9.47 Å². The normalized spacial score (nSPS) is 14.7. The smallest absolute Gasteiger partial charge is 0.255 e. The van der Waals surface area contributed by atoms with Crippen LogP contribution < -0.4 is 14.8 Å². The zero-order valence-electron chi connectivity index (χ0n) is 18.9. The number of nitrogens with one attached hydrogen (secondary N) is 1. The molecular weight excluding hydrogens is 416 g/mol. The number of hydrogen-bond acceptors (Lipinski definition) is 4. The van der Waals surface area contributed by atoms with E-state index >= 15 is 0 Å². The summed E-state index contributed by atoms with van der Waals surface area (Å²) in [6, 6.07) is 22.5. The maximum atomic E-state index is 13.2. The van der Waals surface area contributed by atoms with Crippen molar-refractivity contribution < 1.29 is 19.1 Å². The summed E-state index contributed by atoms with van der Waals surface area (Å²) in [6.07, 6.45) is 1.33. The van der Waals surface area contributed by atoms with Gasteiger partial charge in [-0.05, 0) is 47.7 Å². The lowest BCUT2D eigenvalue weighted by molar-refractivity contribution is -0.125. The minimum atomic E-state index is -0.622. The molecule has 1 N–H and O–H groups in total. The van der Waals surface area contributed by atoms with Gasteiger partial charge in [-0.25, -0.2) is 0 Å². The van der Waals surface area contributed by atoms with Crippen molar-refractivity contribution in [1.82, 2.24) is 10.2 Å². The molecule has 2 amide bonds. The molecule has 1 heterocycles. The summed E-state index contributed by atoms with van der Waals surface area (Å²) in [7, 11) is 3.20. The van der Waals surface area contributed by atoms with Crippen molar-refractivity contribution in [2.75, 3.05) is 27.3 Å². The summed E-state index contributed by atoms with van der Waals surface area (Å²) in [4.78, 5) is 28.0. The van der Waals surface area contributed by atoms with Gasteiger partial charge in [0.25, 0.3) is 5.91 Å². The highest BCUT2D eigenvalue weighted by molar-refractivity contribution is 6.04. The second-order valence-electron chi connectivity index (χ2n) is 7.95. The highest BCUT2D eigenvalue weighted by Crippen LogP contribution is 2.34. The average molecular weight is 445 g/mol. The molecule has 0 saturated carbocycles. The van der Waals surface area contributed by atoms with Crippen LogP contribution in [-0.4, -0.2) is 44.0 Å². The first-order valence-corrected chi connectivity index (χ1v) is 11.0. The zero-order valence-corrected chi connectivity index (χ0v) is 18.9. The van der Waals surface area contributed by atoms with Crippen molar-refractivity contribution in [2.45, 2.75) is 18.9 Å². The fourth-order valence-corrected chi connectivity index (χ4v) is 4.24. The van der Waals surface area contributed by atoms with Crippen LogP contribution in [0, 0.1) is 0 Å². The molecule has 170 valence electrons. The number of rotatable bonds is 9. The molecule has 33 heavy (non-hydrogen) atoms. The second-order valence-corrected chi connectivity index (χ2v) is 7.95. The molecule has 0 aromatic heterocycles. The van der Waals surface area contributed by atoms with Crippen molar-refractivity contribution in [3.8, 4) is 11.5 Å². The van der Waals surface area contributed by atoms with Crippen molar-refractivity contribution in [3.63, 3.8) is 0 Å². The van der Waals surface area contributed by atoms with Crippen LogP contribution in [-0.2, 0) is 17.6 Å². The van der Waals surface area contributed by atoms with Crippen LogP contribution >= 0.6 is 0 Å². The number of carbonyl (C=O) groups is 2. The van der Waals surface area contributed by atoms with Crippen LogP contribution in [0.2, 0.25) is 0 Å². The van der Waals surface area contributed by atoms with E-state index in [1.807, 2.05) is 66.7 Å². The lowest BCUT2D eigenvalue weighted by atomic mass is 10.0. The lowest BCUT2D eigenvalue weighted by Gasteiger charge is -2.25. The molecule has 1 aliphatic heterocycles. The standard InChI is InChI=1S/C27H28N2O4/c1-32-23-13-12-20(18-24(23)33-2)14-16-28-26(30)25-21-10-6-7-11-22(21)27(31)29(25)17-15-19-8-4-3-5-9-19/h3-13,18,25H,14-17H2,1-2H3,(H,28,30). The molecule has 3 aromatic carbocycles. The Labute approximate surface area is 194 Å². The minimum absolute atomic E-state index is 0.0958. The third kappa shape index (κ3) is 4.85. The first kappa shape index (κ1) is 22.4. The molecule has 0 saturated heterocycles. The van der Waals surface area contributed by atoms with E-state index in [1.54, 1.807) is 25.2 Å². The topological polar surface area (TPSA) is 67.9 Å². The third-order valence-electron chi connectivity index (χ3n) is 5.95. The van der Waals surface area contributed by atoms with Gasteiger partial charge in [0.15, 0.2) is 11.5 Å². The van der Waals surface area contributed by atoms with E-state index in [-0.39, 0.29) is 11.8 Å². The quantitative estimate of drug-likeness (QED) is 0.545. The minimum Gasteiger partial charge on any atom is -0.493 e. The summed E-state index contributed by atoms with van der Waals surface area (Å²) < 4.78 is 10.6. The summed E-state index contributed by atoms with van der Waals surface area (Å²) in [5.41, 5.74) is 3.52. The Morgan fingerprint density at radius 1 is 0.879 bits per heavy atom. The number of nitrogens with zero attached hydrogens (tertiary/aromatic N) is 1. The number of carbonyl (C=O) groups excluding carboxylic acids is 2. The highest BCUT2D eigenvalue weighted by Gasteiger charge is 2.40. The van der Waals surface area contributed by atoms with E-state index in [1.165, 1.54) is 0 Å². The van der Waals surface area contributed by atoms with Gasteiger partial charge < -0.3 is 19.7 Å². The SMILES string of the molecule is COc1ccc(CCNC(=O)C2c3ccccc3C(=O)N2CCc2ccccc2)cc1OC. The van der Waals surface area contributed by atoms with Crippen LogP contribution in [0.15, 0.2) is 72.8 Å². The number of benzene rings is 3. The molecule has 4 rings (SSSR count). The van der Waals surface area contributed by atoms with Gasteiger partial charge in [0.05, 0.1) is 14.2 Å². The number of fused-ring (bicyclic) bond motifs is 1. The second kappa shape index (κ2) is 10.2. The molecular formula is C27H28N2O4. The van der Waals surface area contributed by atoms with Crippen molar-refractivity contribution in [2.24, 2.45) is 0 Å². The Morgan fingerprint density at radius 3 is 2.36 bits per heavy atom. The molecule has 0 bridgehead atoms. The van der Waals surface area contributed by atoms with Crippen LogP contribution in [0.25, 0.3) is 0 Å². The van der Waals surface area contributed by atoms with Gasteiger partial charge >= 0.3 is 0 Å². The molecule has 3 aromatic rings. The number of hydrogen-bond donors (Lipinski definition) is 1. The van der Waals surface area contributed by atoms with Crippen molar-refractivity contribution in [1.29, 1.82) is 0 Å². The molecule has 0 aliphatic carbocycles. The first-order valence-electron chi connectivity index (χ1n) is 11.0. The molecule has 1 aliphatic rings. The Balaban J connectivity index is 1.45. The molecule has 1 atom stereocenters. The Bertz CT molecular complexity index is 1130. The fourth-order valence-electron chi connectivity index (χ4n) is 4.24. The van der Waals surface area contributed by atoms with Gasteiger partial charge in [0, 0.05) is 18.7 Å². The molecule has 1 unspecified atom stereocenters. The zero-order chi connectivity index (χ0) is 23.2. The summed E-state index contributed by atoms with van der Waals surface area (Å²) >= 11 is 0. The van der Waals surface area contributed by atoms with E-state index in [0.717, 1.165) is 16.7 Å². The van der Waals surface area contributed by atoms with E-state index < -0.39 is 6.04 Å². The van der Waals surface area contributed by atoms with Crippen LogP contribution in [0.4, 0.5) is 0 Å². The monoisotopic (exact) mass is 444 g/mol.